The molecule has 1 spiro atoms. The minimum absolute atomic E-state index is 0.125. The van der Waals surface area contributed by atoms with Gasteiger partial charge in [-0.05, 0) is 43.9 Å². The number of hydrogen-bond donors (Lipinski definition) is 1. The van der Waals surface area contributed by atoms with Crippen LogP contribution in [0.5, 0.6) is 5.75 Å². The summed E-state index contributed by atoms with van der Waals surface area (Å²) in [6, 6.07) is 5.02. The second-order valence-corrected chi connectivity index (χ2v) is 5.99. The van der Waals surface area contributed by atoms with Gasteiger partial charge in [0.2, 0.25) is 5.91 Å². The Labute approximate surface area is 124 Å². The van der Waals surface area contributed by atoms with Crippen molar-refractivity contribution in [3.63, 3.8) is 0 Å². The van der Waals surface area contributed by atoms with Gasteiger partial charge in [-0.2, -0.15) is 0 Å². The van der Waals surface area contributed by atoms with Crippen LogP contribution in [-0.4, -0.2) is 29.5 Å². The van der Waals surface area contributed by atoms with Crippen LogP contribution in [0.1, 0.15) is 44.8 Å². The quantitative estimate of drug-likeness (QED) is 0.927. The fraction of sp³-hybridized carbons (Fsp3) is 0.562. The van der Waals surface area contributed by atoms with Crippen molar-refractivity contribution in [3.8, 4) is 5.75 Å². The molecule has 114 valence electrons. The molecule has 1 saturated carbocycles. The first-order valence-electron chi connectivity index (χ1n) is 7.46. The van der Waals surface area contributed by atoms with Gasteiger partial charge < -0.3 is 9.64 Å². The van der Waals surface area contributed by atoms with E-state index in [1.807, 2.05) is 17.9 Å². The SMILES string of the molecule is CCC(C)N1C(=O)C2(CC2)NC1c1ccc(OC)c(F)c1. The summed E-state index contributed by atoms with van der Waals surface area (Å²) in [7, 11) is 1.44. The molecular weight excluding hydrogens is 271 g/mol. The Morgan fingerprint density at radius 1 is 1.52 bits per heavy atom. The highest BCUT2D eigenvalue weighted by molar-refractivity contribution is 5.92. The number of ether oxygens (including phenoxy) is 1. The molecule has 0 bridgehead atoms. The van der Waals surface area contributed by atoms with E-state index in [4.69, 9.17) is 4.74 Å². The molecule has 2 unspecified atom stereocenters. The second-order valence-electron chi connectivity index (χ2n) is 5.99. The predicted molar refractivity (Wildman–Crippen MR) is 77.4 cm³/mol. The minimum Gasteiger partial charge on any atom is -0.494 e. The normalized spacial score (nSPS) is 24.5. The van der Waals surface area contributed by atoms with E-state index in [2.05, 4.69) is 12.2 Å². The second kappa shape index (κ2) is 4.98. The van der Waals surface area contributed by atoms with Gasteiger partial charge in [0.1, 0.15) is 11.7 Å². The van der Waals surface area contributed by atoms with E-state index >= 15 is 0 Å². The van der Waals surface area contributed by atoms with E-state index in [0.717, 1.165) is 24.8 Å². The van der Waals surface area contributed by atoms with Crippen LogP contribution in [-0.2, 0) is 4.79 Å². The monoisotopic (exact) mass is 292 g/mol. The van der Waals surface area contributed by atoms with E-state index in [1.54, 1.807) is 6.07 Å². The van der Waals surface area contributed by atoms with Crippen LogP contribution in [0.2, 0.25) is 0 Å². The molecule has 2 atom stereocenters. The molecule has 1 heterocycles. The predicted octanol–water partition coefficient (Wildman–Crippen LogP) is 2.60. The largest absolute Gasteiger partial charge is 0.494 e. The lowest BCUT2D eigenvalue weighted by molar-refractivity contribution is -0.132. The van der Waals surface area contributed by atoms with E-state index in [-0.39, 0.29) is 23.9 Å². The van der Waals surface area contributed by atoms with E-state index < -0.39 is 11.4 Å². The molecule has 1 aromatic carbocycles. The van der Waals surface area contributed by atoms with Crippen LogP contribution < -0.4 is 10.1 Å². The van der Waals surface area contributed by atoms with Crippen molar-refractivity contribution in [1.29, 1.82) is 0 Å². The molecule has 1 saturated heterocycles. The highest BCUT2D eigenvalue weighted by Gasteiger charge is 2.60. The van der Waals surface area contributed by atoms with Gasteiger partial charge in [-0.25, -0.2) is 4.39 Å². The summed E-state index contributed by atoms with van der Waals surface area (Å²) in [5.74, 6) is -0.0255. The Hall–Kier alpha value is -1.62. The molecule has 3 rings (SSSR count). The molecule has 1 aliphatic carbocycles. The van der Waals surface area contributed by atoms with Crippen molar-refractivity contribution in [2.24, 2.45) is 0 Å². The first-order valence-corrected chi connectivity index (χ1v) is 7.46. The van der Waals surface area contributed by atoms with Crippen molar-refractivity contribution < 1.29 is 13.9 Å². The summed E-state index contributed by atoms with van der Waals surface area (Å²) in [5, 5.41) is 3.41. The van der Waals surface area contributed by atoms with Gasteiger partial charge in [-0.15, -0.1) is 0 Å². The molecule has 0 aromatic heterocycles. The maximum atomic E-state index is 14.0. The number of rotatable bonds is 4. The molecule has 1 N–H and O–H groups in total. The number of carbonyl (C=O) groups excluding carboxylic acids is 1. The first-order chi connectivity index (χ1) is 10.0. The van der Waals surface area contributed by atoms with E-state index in [1.165, 1.54) is 13.2 Å². The van der Waals surface area contributed by atoms with Gasteiger partial charge in [0.15, 0.2) is 11.6 Å². The Bertz CT molecular complexity index is 571. The van der Waals surface area contributed by atoms with Crippen molar-refractivity contribution in [3.05, 3.63) is 29.6 Å². The van der Waals surface area contributed by atoms with E-state index in [0.29, 0.717) is 0 Å². The van der Waals surface area contributed by atoms with Gasteiger partial charge in [0.25, 0.3) is 0 Å². The van der Waals surface area contributed by atoms with Gasteiger partial charge in [-0.3, -0.25) is 10.1 Å². The Morgan fingerprint density at radius 3 is 2.76 bits per heavy atom. The third-order valence-electron chi connectivity index (χ3n) is 4.64. The maximum absolute atomic E-state index is 14.0. The number of halogens is 1. The first kappa shape index (κ1) is 14.3. The zero-order valence-corrected chi connectivity index (χ0v) is 12.6. The zero-order valence-electron chi connectivity index (χ0n) is 12.6. The van der Waals surface area contributed by atoms with Gasteiger partial charge in [-0.1, -0.05) is 13.0 Å². The van der Waals surface area contributed by atoms with Crippen LogP contribution in [0.4, 0.5) is 4.39 Å². The van der Waals surface area contributed by atoms with Crippen LogP contribution in [0, 0.1) is 5.82 Å². The van der Waals surface area contributed by atoms with Gasteiger partial charge in [0, 0.05) is 6.04 Å². The average molecular weight is 292 g/mol. The minimum atomic E-state index is -0.398. The van der Waals surface area contributed by atoms with Crippen molar-refractivity contribution in [2.75, 3.05) is 7.11 Å². The van der Waals surface area contributed by atoms with Crippen molar-refractivity contribution in [2.45, 2.75) is 50.9 Å². The molecule has 4 nitrogen and oxygen atoms in total. The summed E-state index contributed by atoms with van der Waals surface area (Å²) < 4.78 is 18.9. The number of hydrogen-bond acceptors (Lipinski definition) is 3. The highest BCUT2D eigenvalue weighted by atomic mass is 19.1. The number of methoxy groups -OCH3 is 1. The number of nitrogens with zero attached hydrogens (tertiary/aromatic N) is 1. The lowest BCUT2D eigenvalue weighted by atomic mass is 10.1. The smallest absolute Gasteiger partial charge is 0.244 e. The average Bonchev–Trinajstić information content (AvgIpc) is 3.20. The van der Waals surface area contributed by atoms with Crippen molar-refractivity contribution in [1.82, 2.24) is 10.2 Å². The lowest BCUT2D eigenvalue weighted by Crippen LogP contribution is -2.38. The zero-order chi connectivity index (χ0) is 15.2. The summed E-state index contributed by atoms with van der Waals surface area (Å²) in [6.45, 7) is 4.09. The number of nitrogens with one attached hydrogen (secondary N) is 1. The summed E-state index contributed by atoms with van der Waals surface area (Å²) in [4.78, 5) is 14.5. The molecule has 2 fully saturated rings. The topological polar surface area (TPSA) is 41.6 Å². The number of benzene rings is 1. The molecule has 2 aliphatic rings. The number of carbonyl (C=O) groups is 1. The van der Waals surface area contributed by atoms with Crippen LogP contribution >= 0.6 is 0 Å². The van der Waals surface area contributed by atoms with E-state index in [9.17, 15) is 9.18 Å². The molecule has 1 amide bonds. The summed E-state index contributed by atoms with van der Waals surface area (Å²) >= 11 is 0. The fourth-order valence-corrected chi connectivity index (χ4v) is 2.99. The number of amides is 1. The molecule has 0 radical (unpaired) electrons. The van der Waals surface area contributed by atoms with Gasteiger partial charge in [0.05, 0.1) is 7.11 Å². The fourth-order valence-electron chi connectivity index (χ4n) is 2.99. The third kappa shape index (κ3) is 2.20. The third-order valence-corrected chi connectivity index (χ3v) is 4.64. The molecule has 1 aliphatic heterocycles. The van der Waals surface area contributed by atoms with Crippen LogP contribution in [0.25, 0.3) is 0 Å². The summed E-state index contributed by atoms with van der Waals surface area (Å²) in [6.07, 6.45) is 2.36. The maximum Gasteiger partial charge on any atom is 0.244 e. The highest BCUT2D eigenvalue weighted by Crippen LogP contribution is 2.47. The Morgan fingerprint density at radius 2 is 2.24 bits per heavy atom. The Balaban J connectivity index is 1.95. The Kier molecular flexibility index (Phi) is 3.40. The van der Waals surface area contributed by atoms with Crippen LogP contribution in [0.3, 0.4) is 0 Å². The molecule has 1 aromatic rings. The molecule has 21 heavy (non-hydrogen) atoms. The van der Waals surface area contributed by atoms with Gasteiger partial charge >= 0.3 is 0 Å². The van der Waals surface area contributed by atoms with Crippen molar-refractivity contribution >= 4 is 5.91 Å². The molecular formula is C16H21FN2O2. The summed E-state index contributed by atoms with van der Waals surface area (Å²) in [5.41, 5.74) is 0.371. The van der Waals surface area contributed by atoms with Crippen LogP contribution in [0.15, 0.2) is 18.2 Å². The lowest BCUT2D eigenvalue weighted by Gasteiger charge is -2.30. The molecule has 5 heteroatoms. The standard InChI is InChI=1S/C16H21FN2O2/c1-4-10(2)19-14(18-16(7-8-16)15(19)20)11-5-6-13(21-3)12(17)9-11/h5-6,9-10,14,18H,4,7-8H2,1-3H3.